The number of halogens is 1. The molecule has 25 heavy (non-hydrogen) atoms. The summed E-state index contributed by atoms with van der Waals surface area (Å²) in [6, 6.07) is 16.1. The lowest BCUT2D eigenvalue weighted by molar-refractivity contribution is 1.29. The molecule has 2 heterocycles. The summed E-state index contributed by atoms with van der Waals surface area (Å²) in [7, 11) is 0. The largest absolute Gasteiger partial charge is 0.253 e. The zero-order valence-electron chi connectivity index (χ0n) is 13.4. The monoisotopic (exact) mass is 383 g/mol. The van der Waals surface area contributed by atoms with Crippen molar-refractivity contribution >= 4 is 55.7 Å². The number of hydrogen-bond acceptors (Lipinski definition) is 5. The highest BCUT2D eigenvalue weighted by Gasteiger charge is 2.08. The van der Waals surface area contributed by atoms with Gasteiger partial charge in [-0.05, 0) is 30.0 Å². The second-order valence-corrected chi connectivity index (χ2v) is 7.82. The van der Waals surface area contributed by atoms with Crippen molar-refractivity contribution in [2.24, 2.45) is 5.10 Å². The Morgan fingerprint density at radius 3 is 2.76 bits per heavy atom. The molecule has 4 rings (SSSR count). The number of hydrazone groups is 1. The standard InChI is InChI=1S/C19H14ClN3S2/c1-12-13-6-3-5-9-17(13)25-18(12)10-21-23-19-22-16(11-24-19)14-7-2-4-8-15(14)20/h2-11H,1H3,(H,22,23)/b21-10+. The van der Waals surface area contributed by atoms with Crippen LogP contribution in [0.5, 0.6) is 0 Å². The van der Waals surface area contributed by atoms with Gasteiger partial charge in [-0.2, -0.15) is 5.10 Å². The summed E-state index contributed by atoms with van der Waals surface area (Å²) < 4.78 is 1.27. The van der Waals surface area contributed by atoms with Gasteiger partial charge < -0.3 is 0 Å². The zero-order chi connectivity index (χ0) is 17.2. The summed E-state index contributed by atoms with van der Waals surface area (Å²) in [5.74, 6) is 0. The quantitative estimate of drug-likeness (QED) is 0.325. The highest BCUT2D eigenvalue weighted by atomic mass is 35.5. The molecule has 6 heteroatoms. The van der Waals surface area contributed by atoms with E-state index in [2.05, 4.69) is 46.7 Å². The average molecular weight is 384 g/mol. The van der Waals surface area contributed by atoms with Crippen LogP contribution in [0.4, 0.5) is 5.13 Å². The summed E-state index contributed by atoms with van der Waals surface area (Å²) in [5, 5.41) is 9.04. The van der Waals surface area contributed by atoms with Gasteiger partial charge in [0.1, 0.15) is 0 Å². The highest BCUT2D eigenvalue weighted by molar-refractivity contribution is 7.20. The van der Waals surface area contributed by atoms with Gasteiger partial charge in [-0.15, -0.1) is 22.7 Å². The molecule has 4 aromatic rings. The normalized spacial score (nSPS) is 11.4. The van der Waals surface area contributed by atoms with Crippen molar-refractivity contribution in [2.75, 3.05) is 5.43 Å². The van der Waals surface area contributed by atoms with E-state index in [4.69, 9.17) is 11.6 Å². The van der Waals surface area contributed by atoms with Gasteiger partial charge in [-0.25, -0.2) is 4.98 Å². The van der Waals surface area contributed by atoms with Crippen LogP contribution in [0.15, 0.2) is 59.0 Å². The van der Waals surface area contributed by atoms with Crippen LogP contribution in [-0.4, -0.2) is 11.2 Å². The predicted octanol–water partition coefficient (Wildman–Crippen LogP) is 6.43. The van der Waals surface area contributed by atoms with Crippen LogP contribution in [0.25, 0.3) is 21.3 Å². The number of benzene rings is 2. The Bertz CT molecular complexity index is 1070. The molecule has 0 spiro atoms. The Morgan fingerprint density at radius 2 is 1.92 bits per heavy atom. The third kappa shape index (κ3) is 3.31. The summed E-state index contributed by atoms with van der Waals surface area (Å²) in [6.45, 7) is 2.12. The van der Waals surface area contributed by atoms with Crippen LogP contribution < -0.4 is 5.43 Å². The van der Waals surface area contributed by atoms with E-state index in [0.29, 0.717) is 5.02 Å². The second-order valence-electron chi connectivity index (χ2n) is 5.48. The van der Waals surface area contributed by atoms with Crippen LogP contribution in [0.1, 0.15) is 10.4 Å². The molecular formula is C19H14ClN3S2. The molecule has 0 aliphatic carbocycles. The van der Waals surface area contributed by atoms with E-state index in [1.807, 2.05) is 35.9 Å². The van der Waals surface area contributed by atoms with Gasteiger partial charge >= 0.3 is 0 Å². The molecule has 0 amide bonds. The number of aromatic nitrogens is 1. The number of nitrogens with one attached hydrogen (secondary N) is 1. The fourth-order valence-electron chi connectivity index (χ4n) is 2.58. The van der Waals surface area contributed by atoms with Crippen molar-refractivity contribution < 1.29 is 0 Å². The first kappa shape index (κ1) is 16.3. The number of thiophene rings is 1. The maximum absolute atomic E-state index is 6.22. The maximum atomic E-state index is 6.22. The van der Waals surface area contributed by atoms with Crippen molar-refractivity contribution in [1.82, 2.24) is 4.98 Å². The summed E-state index contributed by atoms with van der Waals surface area (Å²) in [6.07, 6.45) is 1.86. The minimum Gasteiger partial charge on any atom is -0.253 e. The molecule has 0 saturated heterocycles. The van der Waals surface area contributed by atoms with Gasteiger partial charge in [0.15, 0.2) is 0 Å². The third-order valence-corrected chi connectivity index (χ3v) is 6.16. The van der Waals surface area contributed by atoms with Gasteiger partial charge in [0.25, 0.3) is 0 Å². The number of hydrogen-bond donors (Lipinski definition) is 1. The second kappa shape index (κ2) is 6.96. The summed E-state index contributed by atoms with van der Waals surface area (Å²) >= 11 is 9.47. The van der Waals surface area contributed by atoms with Crippen LogP contribution in [0.2, 0.25) is 5.02 Å². The van der Waals surface area contributed by atoms with E-state index >= 15 is 0 Å². The fraction of sp³-hybridized carbons (Fsp3) is 0.0526. The van der Waals surface area contributed by atoms with Gasteiger partial charge in [0.2, 0.25) is 5.13 Å². The van der Waals surface area contributed by atoms with Gasteiger partial charge in [-0.3, -0.25) is 5.43 Å². The van der Waals surface area contributed by atoms with E-state index in [9.17, 15) is 0 Å². The number of aryl methyl sites for hydroxylation is 1. The predicted molar refractivity (Wildman–Crippen MR) is 110 cm³/mol. The first-order chi connectivity index (χ1) is 12.2. The minimum absolute atomic E-state index is 0.698. The Kier molecular flexibility index (Phi) is 4.53. The molecule has 0 radical (unpaired) electrons. The average Bonchev–Trinajstić information content (AvgIpc) is 3.21. The topological polar surface area (TPSA) is 37.3 Å². The molecule has 3 nitrogen and oxygen atoms in total. The van der Waals surface area contributed by atoms with E-state index in [0.717, 1.165) is 21.3 Å². The van der Waals surface area contributed by atoms with Crippen LogP contribution in [0, 0.1) is 6.92 Å². The first-order valence-electron chi connectivity index (χ1n) is 7.70. The molecule has 2 aromatic heterocycles. The maximum Gasteiger partial charge on any atom is 0.203 e. The van der Waals surface area contributed by atoms with Crippen LogP contribution in [-0.2, 0) is 0 Å². The molecule has 0 aliphatic heterocycles. The molecule has 124 valence electrons. The molecule has 0 saturated carbocycles. The van der Waals surface area contributed by atoms with Crippen molar-refractivity contribution in [3.05, 3.63) is 69.4 Å². The molecule has 0 aliphatic rings. The van der Waals surface area contributed by atoms with Crippen LogP contribution >= 0.6 is 34.3 Å². The molecule has 0 fully saturated rings. The smallest absolute Gasteiger partial charge is 0.203 e. The Hall–Kier alpha value is -2.21. The number of fused-ring (bicyclic) bond motifs is 1. The van der Waals surface area contributed by atoms with Gasteiger partial charge in [0, 0.05) is 20.7 Å². The number of rotatable bonds is 4. The molecule has 1 N–H and O–H groups in total. The molecule has 0 bridgehead atoms. The van der Waals surface area contributed by atoms with E-state index in [1.54, 1.807) is 11.3 Å². The lowest BCUT2D eigenvalue weighted by atomic mass is 10.1. The highest BCUT2D eigenvalue weighted by Crippen LogP contribution is 2.31. The van der Waals surface area contributed by atoms with Crippen molar-refractivity contribution in [1.29, 1.82) is 0 Å². The number of anilines is 1. The fourth-order valence-corrected chi connectivity index (χ4v) is 4.56. The Labute approximate surface area is 158 Å². The van der Waals surface area contributed by atoms with Crippen molar-refractivity contribution in [3.63, 3.8) is 0 Å². The van der Waals surface area contributed by atoms with Gasteiger partial charge in [-0.1, -0.05) is 48.0 Å². The lowest BCUT2D eigenvalue weighted by Gasteiger charge is -1.98. The minimum atomic E-state index is 0.698. The van der Waals surface area contributed by atoms with Crippen LogP contribution in [0.3, 0.4) is 0 Å². The molecular weight excluding hydrogens is 370 g/mol. The van der Waals surface area contributed by atoms with E-state index in [1.165, 1.54) is 27.0 Å². The molecule has 2 aromatic carbocycles. The third-order valence-electron chi connectivity index (χ3n) is 3.88. The van der Waals surface area contributed by atoms with E-state index < -0.39 is 0 Å². The lowest BCUT2D eigenvalue weighted by Crippen LogP contribution is -1.90. The Balaban J connectivity index is 1.52. The zero-order valence-corrected chi connectivity index (χ0v) is 15.8. The van der Waals surface area contributed by atoms with E-state index in [-0.39, 0.29) is 0 Å². The van der Waals surface area contributed by atoms with Crippen molar-refractivity contribution in [3.8, 4) is 11.3 Å². The summed E-state index contributed by atoms with van der Waals surface area (Å²) in [4.78, 5) is 5.70. The number of nitrogens with zero attached hydrogens (tertiary/aromatic N) is 2. The SMILES string of the molecule is Cc1c(/C=N/Nc2nc(-c3ccccc3Cl)cs2)sc2ccccc12. The molecule has 0 atom stereocenters. The summed E-state index contributed by atoms with van der Waals surface area (Å²) in [5.41, 5.74) is 6.05. The van der Waals surface area contributed by atoms with Crippen molar-refractivity contribution in [2.45, 2.75) is 6.92 Å². The molecule has 0 unspecified atom stereocenters. The number of thiazole rings is 1. The first-order valence-corrected chi connectivity index (χ1v) is 9.77. The Morgan fingerprint density at radius 1 is 1.12 bits per heavy atom. The van der Waals surface area contributed by atoms with Gasteiger partial charge in [0.05, 0.1) is 16.8 Å².